The topological polar surface area (TPSA) is 68.8 Å². The van der Waals surface area contributed by atoms with Gasteiger partial charge in [-0.25, -0.2) is 0 Å². The second-order valence-electron chi connectivity index (χ2n) is 2.62. The molecular weight excluding hydrogens is 239 g/mol. The summed E-state index contributed by atoms with van der Waals surface area (Å²) in [7, 11) is 0. The molecule has 2 N–H and O–H groups in total. The predicted molar refractivity (Wildman–Crippen MR) is 51.7 cm³/mol. The number of halogens is 2. The zero-order valence-corrected chi connectivity index (χ0v) is 9.28. The minimum absolute atomic E-state index is 0. The van der Waals surface area contributed by atoms with Gasteiger partial charge in [-0.3, -0.25) is 9.51 Å². The molecule has 0 fully saturated rings. The molecule has 0 aromatic carbocycles. The zero-order valence-electron chi connectivity index (χ0n) is 7.71. The Labute approximate surface area is 99.1 Å². The molecule has 0 radical (unpaired) electrons. The molecule has 0 saturated carbocycles. The highest BCUT2D eigenvalue weighted by molar-refractivity contribution is 5.85. The van der Waals surface area contributed by atoms with Gasteiger partial charge < -0.3 is 18.1 Å². The molecule has 0 aliphatic heterocycles. The summed E-state index contributed by atoms with van der Waals surface area (Å²) in [5.74, 6) is 0.302. The Bertz CT molecular complexity index is 393. The first-order valence-electron chi connectivity index (χ1n) is 3.86. The van der Waals surface area contributed by atoms with Gasteiger partial charge in [0.2, 0.25) is 11.8 Å². The Kier molecular flexibility index (Phi) is 5.66. The maximum atomic E-state index is 5.36. The molecule has 0 saturated heterocycles. The molecule has 0 aliphatic rings. The molecule has 0 unspecified atom stereocenters. The fourth-order valence-corrected chi connectivity index (χ4v) is 1.03. The first-order chi connectivity index (χ1) is 6.34. The van der Waals surface area contributed by atoms with E-state index in [1.54, 1.807) is 17.1 Å². The minimum atomic E-state index is 0. The standard InChI is InChI=1S/C8H9N4O.2ClH/c9-8-6-12(11-13-8)5-7-3-1-2-4-10-7;;/h1-4,6H,5,9H2;2*1H/q+1;;/p-1. The minimum Gasteiger partial charge on any atom is -1.00 e. The normalized spacial score (nSPS) is 8.80. The Morgan fingerprint density at radius 2 is 2.20 bits per heavy atom. The van der Waals surface area contributed by atoms with Crippen LogP contribution in [0.25, 0.3) is 0 Å². The second-order valence-corrected chi connectivity index (χ2v) is 2.62. The van der Waals surface area contributed by atoms with Crippen molar-refractivity contribution in [2.45, 2.75) is 6.54 Å². The van der Waals surface area contributed by atoms with E-state index < -0.39 is 0 Å². The van der Waals surface area contributed by atoms with Gasteiger partial charge in [0.15, 0.2) is 0 Å². The maximum absolute atomic E-state index is 5.36. The average Bonchev–Trinajstić information content (AvgIpc) is 2.53. The first-order valence-corrected chi connectivity index (χ1v) is 3.86. The summed E-state index contributed by atoms with van der Waals surface area (Å²) >= 11 is 0. The molecule has 0 amide bonds. The quantitative estimate of drug-likeness (QED) is 0.593. The number of aromatic nitrogens is 3. The lowest BCUT2D eigenvalue weighted by Crippen LogP contribution is -3.00. The van der Waals surface area contributed by atoms with E-state index in [0.717, 1.165) is 5.69 Å². The highest BCUT2D eigenvalue weighted by Crippen LogP contribution is 1.94. The fourth-order valence-electron chi connectivity index (χ4n) is 1.03. The van der Waals surface area contributed by atoms with Crippen molar-refractivity contribution < 1.29 is 21.6 Å². The van der Waals surface area contributed by atoms with E-state index in [4.69, 9.17) is 10.3 Å². The third-order valence-electron chi connectivity index (χ3n) is 1.58. The Hall–Kier alpha value is -1.33. The molecule has 0 aliphatic carbocycles. The van der Waals surface area contributed by atoms with E-state index in [1.165, 1.54) is 0 Å². The smallest absolute Gasteiger partial charge is 0.293 e. The van der Waals surface area contributed by atoms with Crippen LogP contribution in [0.3, 0.4) is 0 Å². The van der Waals surface area contributed by atoms with E-state index >= 15 is 0 Å². The van der Waals surface area contributed by atoms with Gasteiger partial charge in [-0.15, -0.1) is 12.4 Å². The molecule has 15 heavy (non-hydrogen) atoms. The summed E-state index contributed by atoms with van der Waals surface area (Å²) in [4.78, 5) is 4.14. The van der Waals surface area contributed by atoms with E-state index in [9.17, 15) is 0 Å². The van der Waals surface area contributed by atoms with Crippen LogP contribution in [0.2, 0.25) is 0 Å². The third-order valence-corrected chi connectivity index (χ3v) is 1.58. The molecule has 0 atom stereocenters. The number of anilines is 1. The number of rotatable bonds is 2. The number of hydrogen-bond donors (Lipinski definition) is 1. The van der Waals surface area contributed by atoms with E-state index in [0.29, 0.717) is 12.4 Å². The molecule has 0 spiro atoms. The van der Waals surface area contributed by atoms with E-state index in [-0.39, 0.29) is 24.8 Å². The van der Waals surface area contributed by atoms with Gasteiger partial charge >= 0.3 is 0 Å². The van der Waals surface area contributed by atoms with Crippen LogP contribution in [0.15, 0.2) is 35.1 Å². The van der Waals surface area contributed by atoms with Crippen LogP contribution in [0.1, 0.15) is 5.69 Å². The third kappa shape index (κ3) is 3.73. The van der Waals surface area contributed by atoms with Crippen molar-refractivity contribution in [3.63, 3.8) is 0 Å². The van der Waals surface area contributed by atoms with Gasteiger partial charge in [0.05, 0.1) is 0 Å². The fraction of sp³-hybridized carbons (Fsp3) is 0.125. The van der Waals surface area contributed by atoms with Crippen molar-refractivity contribution in [3.8, 4) is 0 Å². The molecule has 2 heterocycles. The van der Waals surface area contributed by atoms with Crippen molar-refractivity contribution in [1.82, 2.24) is 10.3 Å². The largest absolute Gasteiger partial charge is 1.00 e. The van der Waals surface area contributed by atoms with Crippen LogP contribution < -0.4 is 22.8 Å². The van der Waals surface area contributed by atoms with Crippen LogP contribution in [0.4, 0.5) is 5.88 Å². The molecule has 7 heteroatoms. The van der Waals surface area contributed by atoms with Crippen LogP contribution in [0.5, 0.6) is 0 Å². The summed E-state index contributed by atoms with van der Waals surface area (Å²) in [5.41, 5.74) is 6.28. The van der Waals surface area contributed by atoms with Crippen LogP contribution in [0, 0.1) is 0 Å². The SMILES string of the molecule is Cl.Nc1c[n+](Cc2ccccn2)no1.[Cl-]. The number of pyridine rings is 1. The van der Waals surface area contributed by atoms with Gasteiger partial charge in [0.1, 0.15) is 5.69 Å². The number of nitrogens with two attached hydrogens (primary N) is 1. The monoisotopic (exact) mass is 248 g/mol. The van der Waals surface area contributed by atoms with Crippen molar-refractivity contribution >= 4 is 18.3 Å². The lowest BCUT2D eigenvalue weighted by molar-refractivity contribution is -0.755. The lowest BCUT2D eigenvalue weighted by Gasteiger charge is -1.88. The van der Waals surface area contributed by atoms with E-state index in [2.05, 4.69) is 10.3 Å². The number of nitrogen functional groups attached to an aromatic ring is 1. The van der Waals surface area contributed by atoms with Crippen LogP contribution in [-0.2, 0) is 6.54 Å². The Morgan fingerprint density at radius 3 is 2.73 bits per heavy atom. The molecule has 0 bridgehead atoms. The number of hydrogen-bond acceptors (Lipinski definition) is 4. The molecule has 2 aromatic rings. The number of nitrogens with zero attached hydrogens (tertiary/aromatic N) is 3. The summed E-state index contributed by atoms with van der Waals surface area (Å²) in [6.45, 7) is 0.571. The molecular formula is C8H10Cl2N4O. The van der Waals surface area contributed by atoms with Crippen molar-refractivity contribution in [1.29, 1.82) is 0 Å². The van der Waals surface area contributed by atoms with Gasteiger partial charge in [0, 0.05) is 6.20 Å². The van der Waals surface area contributed by atoms with Gasteiger partial charge in [-0.2, -0.15) is 0 Å². The summed E-state index contributed by atoms with van der Waals surface area (Å²) < 4.78 is 6.29. The zero-order chi connectivity index (χ0) is 9.10. The van der Waals surface area contributed by atoms with Gasteiger partial charge in [-0.1, -0.05) is 6.07 Å². The van der Waals surface area contributed by atoms with E-state index in [1.807, 2.05) is 18.2 Å². The van der Waals surface area contributed by atoms with Crippen molar-refractivity contribution in [2.75, 3.05) is 5.73 Å². The van der Waals surface area contributed by atoms with Crippen molar-refractivity contribution in [2.24, 2.45) is 0 Å². The lowest BCUT2D eigenvalue weighted by atomic mass is 10.3. The highest BCUT2D eigenvalue weighted by atomic mass is 35.5. The molecule has 5 nitrogen and oxygen atoms in total. The van der Waals surface area contributed by atoms with Crippen LogP contribution in [-0.4, -0.2) is 10.3 Å². The Balaban J connectivity index is 0.000000980. The summed E-state index contributed by atoms with van der Waals surface area (Å²) in [6.07, 6.45) is 3.36. The average molecular weight is 249 g/mol. The van der Waals surface area contributed by atoms with Crippen molar-refractivity contribution in [3.05, 3.63) is 36.3 Å². The summed E-state index contributed by atoms with van der Waals surface area (Å²) in [5, 5.41) is 3.69. The maximum Gasteiger partial charge on any atom is 0.293 e. The molecule has 82 valence electrons. The Morgan fingerprint density at radius 1 is 1.40 bits per heavy atom. The predicted octanol–water partition coefficient (Wildman–Crippen LogP) is -2.59. The van der Waals surface area contributed by atoms with Crippen LogP contribution >= 0.6 is 12.4 Å². The molecule has 2 rings (SSSR count). The van der Waals surface area contributed by atoms with Gasteiger partial charge in [-0.05, 0) is 16.8 Å². The molecule has 2 aromatic heterocycles. The first kappa shape index (κ1) is 13.7. The van der Waals surface area contributed by atoms with Gasteiger partial charge in [0.25, 0.3) is 12.1 Å². The highest BCUT2D eigenvalue weighted by Gasteiger charge is 2.09. The second kappa shape index (κ2) is 6.21. The summed E-state index contributed by atoms with van der Waals surface area (Å²) in [6, 6.07) is 5.70.